The van der Waals surface area contributed by atoms with Gasteiger partial charge >= 0.3 is 0 Å². The lowest BCUT2D eigenvalue weighted by Crippen LogP contribution is -2.14. The van der Waals surface area contributed by atoms with Gasteiger partial charge in [0.15, 0.2) is 0 Å². The van der Waals surface area contributed by atoms with Gasteiger partial charge in [0.05, 0.1) is 5.56 Å². The number of hydrogen-bond acceptors (Lipinski definition) is 3. The molecule has 3 rings (SSSR count). The molecule has 1 aliphatic carbocycles. The Hall–Kier alpha value is -2.36. The molecule has 1 heterocycles. The van der Waals surface area contributed by atoms with E-state index in [0.717, 1.165) is 24.3 Å². The minimum atomic E-state index is -0.120. The van der Waals surface area contributed by atoms with Gasteiger partial charge in [0.1, 0.15) is 5.82 Å². The monoisotopic (exact) mass is 281 g/mol. The predicted octanol–water partition coefficient (Wildman–Crippen LogP) is 2.89. The average molecular weight is 281 g/mol. The smallest absolute Gasteiger partial charge is 0.257 e. The lowest BCUT2D eigenvalue weighted by atomic mass is 10.1. The molecule has 0 atom stereocenters. The van der Waals surface area contributed by atoms with Crippen molar-refractivity contribution in [2.45, 2.75) is 19.3 Å². The minimum Gasteiger partial charge on any atom is -0.363 e. The van der Waals surface area contributed by atoms with Crippen molar-refractivity contribution in [2.75, 3.05) is 24.3 Å². The zero-order valence-electron chi connectivity index (χ0n) is 12.4. The number of benzene rings is 1. The van der Waals surface area contributed by atoms with Crippen LogP contribution in [0, 0.1) is 0 Å². The van der Waals surface area contributed by atoms with Crippen molar-refractivity contribution in [3.63, 3.8) is 0 Å². The van der Waals surface area contributed by atoms with Crippen LogP contribution in [-0.4, -0.2) is 25.0 Å². The minimum absolute atomic E-state index is 0.120. The molecule has 2 aromatic rings. The van der Waals surface area contributed by atoms with Crippen molar-refractivity contribution in [2.24, 2.45) is 0 Å². The van der Waals surface area contributed by atoms with E-state index in [4.69, 9.17) is 0 Å². The van der Waals surface area contributed by atoms with Crippen LogP contribution in [0.4, 0.5) is 11.5 Å². The largest absolute Gasteiger partial charge is 0.363 e. The molecule has 0 unspecified atom stereocenters. The molecule has 108 valence electrons. The van der Waals surface area contributed by atoms with Crippen molar-refractivity contribution < 1.29 is 4.79 Å². The maximum absolute atomic E-state index is 12.2. The summed E-state index contributed by atoms with van der Waals surface area (Å²) >= 11 is 0. The maximum atomic E-state index is 12.2. The SMILES string of the molecule is CN(C)c1ccc(C(=O)Nc2ccc3c(c2)CCC3)cn1. The summed E-state index contributed by atoms with van der Waals surface area (Å²) in [5, 5.41) is 2.94. The fraction of sp³-hybridized carbons (Fsp3) is 0.294. The second-order valence-corrected chi connectivity index (χ2v) is 5.59. The number of amides is 1. The van der Waals surface area contributed by atoms with Crippen molar-refractivity contribution >= 4 is 17.4 Å². The zero-order valence-corrected chi connectivity index (χ0v) is 12.4. The van der Waals surface area contributed by atoms with E-state index in [-0.39, 0.29) is 5.91 Å². The number of carbonyl (C=O) groups excluding carboxylic acids is 1. The number of rotatable bonds is 3. The Bertz CT molecular complexity index is 662. The van der Waals surface area contributed by atoms with Gasteiger partial charge in [0.2, 0.25) is 0 Å². The normalized spacial score (nSPS) is 12.9. The molecule has 0 bridgehead atoms. The number of aromatic nitrogens is 1. The number of aryl methyl sites for hydroxylation is 2. The van der Waals surface area contributed by atoms with Gasteiger partial charge in [-0.05, 0) is 54.7 Å². The van der Waals surface area contributed by atoms with E-state index in [0.29, 0.717) is 5.56 Å². The Labute approximate surface area is 124 Å². The third kappa shape index (κ3) is 2.89. The molecular weight excluding hydrogens is 262 g/mol. The van der Waals surface area contributed by atoms with Gasteiger partial charge in [0.25, 0.3) is 5.91 Å². The molecule has 0 saturated carbocycles. The topological polar surface area (TPSA) is 45.2 Å². The first-order valence-corrected chi connectivity index (χ1v) is 7.20. The maximum Gasteiger partial charge on any atom is 0.257 e. The summed E-state index contributed by atoms with van der Waals surface area (Å²) in [6.45, 7) is 0. The van der Waals surface area contributed by atoms with Crippen LogP contribution >= 0.6 is 0 Å². The lowest BCUT2D eigenvalue weighted by Gasteiger charge is -2.11. The highest BCUT2D eigenvalue weighted by atomic mass is 16.1. The molecule has 0 fully saturated rings. The number of fused-ring (bicyclic) bond motifs is 1. The molecule has 21 heavy (non-hydrogen) atoms. The molecule has 0 radical (unpaired) electrons. The van der Waals surface area contributed by atoms with E-state index in [2.05, 4.69) is 22.4 Å². The number of nitrogens with one attached hydrogen (secondary N) is 1. The Kier molecular flexibility index (Phi) is 3.60. The van der Waals surface area contributed by atoms with Crippen LogP contribution in [-0.2, 0) is 12.8 Å². The third-order valence-electron chi connectivity index (χ3n) is 3.82. The number of nitrogens with zero attached hydrogens (tertiary/aromatic N) is 2. The number of hydrogen-bond donors (Lipinski definition) is 1. The van der Waals surface area contributed by atoms with Gasteiger partial charge in [0, 0.05) is 26.0 Å². The van der Waals surface area contributed by atoms with Gasteiger partial charge in [-0.3, -0.25) is 4.79 Å². The predicted molar refractivity (Wildman–Crippen MR) is 85.0 cm³/mol. The van der Waals surface area contributed by atoms with E-state index in [9.17, 15) is 4.79 Å². The van der Waals surface area contributed by atoms with Gasteiger partial charge in [-0.2, -0.15) is 0 Å². The summed E-state index contributed by atoms with van der Waals surface area (Å²) in [6, 6.07) is 9.82. The third-order valence-corrected chi connectivity index (χ3v) is 3.82. The van der Waals surface area contributed by atoms with Crippen molar-refractivity contribution in [1.82, 2.24) is 4.98 Å². The Balaban J connectivity index is 1.74. The van der Waals surface area contributed by atoms with Gasteiger partial charge in [-0.15, -0.1) is 0 Å². The van der Waals surface area contributed by atoms with Crippen LogP contribution in [0.3, 0.4) is 0 Å². The van der Waals surface area contributed by atoms with Crippen LogP contribution in [0.15, 0.2) is 36.5 Å². The molecule has 1 aromatic carbocycles. The van der Waals surface area contributed by atoms with Gasteiger partial charge in [-0.1, -0.05) is 6.07 Å². The summed E-state index contributed by atoms with van der Waals surface area (Å²) in [6.07, 6.45) is 5.08. The van der Waals surface area contributed by atoms with Crippen molar-refractivity contribution in [1.29, 1.82) is 0 Å². The first-order valence-electron chi connectivity index (χ1n) is 7.20. The van der Waals surface area contributed by atoms with Crippen LogP contribution in [0.2, 0.25) is 0 Å². The Morgan fingerprint density at radius 1 is 1.14 bits per heavy atom. The highest BCUT2D eigenvalue weighted by Crippen LogP contribution is 2.25. The number of pyridine rings is 1. The molecule has 0 saturated heterocycles. The van der Waals surface area contributed by atoms with E-state index in [1.54, 1.807) is 12.3 Å². The number of anilines is 2. The Morgan fingerprint density at radius 2 is 1.95 bits per heavy atom. The number of carbonyl (C=O) groups is 1. The van der Waals surface area contributed by atoms with Crippen molar-refractivity contribution in [3.8, 4) is 0 Å². The van der Waals surface area contributed by atoms with E-state index < -0.39 is 0 Å². The molecule has 0 spiro atoms. The second kappa shape index (κ2) is 5.56. The van der Waals surface area contributed by atoms with Crippen LogP contribution in [0.5, 0.6) is 0 Å². The first-order chi connectivity index (χ1) is 10.1. The van der Waals surface area contributed by atoms with E-state index in [1.165, 1.54) is 17.5 Å². The highest BCUT2D eigenvalue weighted by Gasteiger charge is 2.12. The zero-order chi connectivity index (χ0) is 14.8. The second-order valence-electron chi connectivity index (χ2n) is 5.59. The van der Waals surface area contributed by atoms with E-state index in [1.807, 2.05) is 31.1 Å². The quantitative estimate of drug-likeness (QED) is 0.941. The highest BCUT2D eigenvalue weighted by molar-refractivity contribution is 6.04. The molecule has 4 heteroatoms. The van der Waals surface area contributed by atoms with Gasteiger partial charge < -0.3 is 10.2 Å². The van der Waals surface area contributed by atoms with Gasteiger partial charge in [-0.25, -0.2) is 4.98 Å². The first kappa shape index (κ1) is 13.6. The summed E-state index contributed by atoms with van der Waals surface area (Å²) in [5.41, 5.74) is 4.19. The molecule has 1 aliphatic rings. The molecule has 1 amide bonds. The summed E-state index contributed by atoms with van der Waals surface area (Å²) in [5.74, 6) is 0.717. The molecule has 4 nitrogen and oxygen atoms in total. The average Bonchev–Trinajstić information content (AvgIpc) is 2.95. The summed E-state index contributed by atoms with van der Waals surface area (Å²) in [7, 11) is 3.85. The van der Waals surface area contributed by atoms with Crippen LogP contribution in [0.1, 0.15) is 27.9 Å². The Morgan fingerprint density at radius 3 is 2.67 bits per heavy atom. The molecule has 0 aliphatic heterocycles. The van der Waals surface area contributed by atoms with E-state index >= 15 is 0 Å². The standard InChI is InChI=1S/C17H19N3O/c1-20(2)16-9-7-14(11-18-16)17(21)19-15-8-6-12-4-3-5-13(12)10-15/h6-11H,3-5H2,1-2H3,(H,19,21). The molecule has 1 N–H and O–H groups in total. The molecule has 1 aromatic heterocycles. The fourth-order valence-corrected chi connectivity index (χ4v) is 2.64. The fourth-order valence-electron chi connectivity index (χ4n) is 2.64. The lowest BCUT2D eigenvalue weighted by molar-refractivity contribution is 0.102. The van der Waals surface area contributed by atoms with Crippen molar-refractivity contribution in [3.05, 3.63) is 53.2 Å². The van der Waals surface area contributed by atoms with Crippen LogP contribution < -0.4 is 10.2 Å². The summed E-state index contributed by atoms with van der Waals surface area (Å²) < 4.78 is 0. The summed E-state index contributed by atoms with van der Waals surface area (Å²) in [4.78, 5) is 18.4. The molecular formula is C17H19N3O. The van der Waals surface area contributed by atoms with Crippen LogP contribution in [0.25, 0.3) is 0 Å².